The van der Waals surface area contributed by atoms with E-state index in [9.17, 15) is 0 Å². The van der Waals surface area contributed by atoms with Crippen LogP contribution in [0.25, 0.3) is 0 Å². The molecule has 0 amide bonds. The van der Waals surface area contributed by atoms with E-state index < -0.39 is 0 Å². The maximum atomic E-state index is 5.99. The molecule has 0 aromatic rings. The van der Waals surface area contributed by atoms with Gasteiger partial charge in [-0.2, -0.15) is 0 Å². The van der Waals surface area contributed by atoms with Gasteiger partial charge in [-0.1, -0.05) is 61.1 Å². The normalized spacial score (nSPS) is 15.0. The van der Waals surface area contributed by atoms with Gasteiger partial charge in [0.05, 0.1) is 0 Å². The van der Waals surface area contributed by atoms with E-state index in [4.69, 9.17) is 11.5 Å². The number of rotatable bonds is 11. The van der Waals surface area contributed by atoms with Crippen LogP contribution in [-0.4, -0.2) is 23.6 Å². The molecule has 0 saturated carbocycles. The predicted octanol–water partition coefficient (Wildman–Crippen LogP) is 3.40. The van der Waals surface area contributed by atoms with Gasteiger partial charge in [-0.15, -0.1) is 0 Å². The third kappa shape index (κ3) is 11.1. The Hall–Kier alpha value is 0.620. The lowest BCUT2D eigenvalue weighted by atomic mass is 10.2. The first kappa shape index (κ1) is 16.6. The van der Waals surface area contributed by atoms with Crippen molar-refractivity contribution < 1.29 is 0 Å². The third-order valence-electron chi connectivity index (χ3n) is 2.50. The van der Waals surface area contributed by atoms with E-state index in [1.807, 2.05) is 21.6 Å². The van der Waals surface area contributed by atoms with Crippen LogP contribution in [-0.2, 0) is 0 Å². The molecule has 16 heavy (non-hydrogen) atoms. The van der Waals surface area contributed by atoms with E-state index in [0.29, 0.717) is 12.1 Å². The van der Waals surface area contributed by atoms with Crippen molar-refractivity contribution in [2.45, 2.75) is 64.5 Å². The number of hydrogen-bond acceptors (Lipinski definition) is 4. The van der Waals surface area contributed by atoms with E-state index >= 15 is 0 Å². The fraction of sp³-hybridized carbons (Fsp3) is 1.00. The van der Waals surface area contributed by atoms with Gasteiger partial charge < -0.3 is 11.5 Å². The third-order valence-corrected chi connectivity index (χ3v) is 5.12. The zero-order chi connectivity index (χ0) is 12.2. The highest BCUT2D eigenvalue weighted by atomic mass is 33.1. The number of unbranched alkanes of at least 4 members (excludes halogenated alkanes) is 2. The molecule has 2 atom stereocenters. The van der Waals surface area contributed by atoms with Crippen LogP contribution in [0.4, 0.5) is 0 Å². The summed E-state index contributed by atoms with van der Waals surface area (Å²) >= 11 is 0. The molecule has 0 rings (SSSR count). The summed E-state index contributed by atoms with van der Waals surface area (Å²) in [6.07, 6.45) is 7.31. The van der Waals surface area contributed by atoms with Crippen LogP contribution in [0, 0.1) is 0 Å². The lowest BCUT2D eigenvalue weighted by Gasteiger charge is -2.12. The van der Waals surface area contributed by atoms with Crippen LogP contribution in [0.15, 0.2) is 0 Å². The SMILES string of the molecule is CCCC[C@H](N)CSSC[C@@H](N)CCCC. The summed E-state index contributed by atoms with van der Waals surface area (Å²) < 4.78 is 0. The molecule has 4 heteroatoms. The van der Waals surface area contributed by atoms with Crippen LogP contribution in [0.5, 0.6) is 0 Å². The number of nitrogens with two attached hydrogens (primary N) is 2. The van der Waals surface area contributed by atoms with Gasteiger partial charge in [-0.05, 0) is 12.8 Å². The zero-order valence-corrected chi connectivity index (χ0v) is 12.4. The Morgan fingerprint density at radius 3 is 1.50 bits per heavy atom. The average molecular weight is 265 g/mol. The molecule has 0 bridgehead atoms. The van der Waals surface area contributed by atoms with Crippen molar-refractivity contribution in [3.05, 3.63) is 0 Å². The van der Waals surface area contributed by atoms with Crippen molar-refractivity contribution >= 4 is 21.6 Å². The maximum absolute atomic E-state index is 5.99. The van der Waals surface area contributed by atoms with E-state index in [1.54, 1.807) is 0 Å². The van der Waals surface area contributed by atoms with Gasteiger partial charge in [0.2, 0.25) is 0 Å². The molecule has 0 spiro atoms. The second kappa shape index (κ2) is 12.1. The largest absolute Gasteiger partial charge is 0.327 e. The molecule has 0 heterocycles. The Morgan fingerprint density at radius 1 is 0.812 bits per heavy atom. The Labute approximate surface area is 109 Å². The Morgan fingerprint density at radius 2 is 1.19 bits per heavy atom. The van der Waals surface area contributed by atoms with Crippen molar-refractivity contribution in [2.24, 2.45) is 11.5 Å². The molecule has 0 aromatic heterocycles. The quantitative estimate of drug-likeness (QED) is 0.443. The first-order valence-corrected chi connectivity index (χ1v) is 8.95. The van der Waals surface area contributed by atoms with E-state index in [0.717, 1.165) is 24.3 Å². The summed E-state index contributed by atoms with van der Waals surface area (Å²) in [5.41, 5.74) is 12.0. The maximum Gasteiger partial charge on any atom is 0.0189 e. The van der Waals surface area contributed by atoms with Gasteiger partial charge >= 0.3 is 0 Å². The predicted molar refractivity (Wildman–Crippen MR) is 79.9 cm³/mol. The molecule has 0 fully saturated rings. The highest BCUT2D eigenvalue weighted by Crippen LogP contribution is 2.24. The van der Waals surface area contributed by atoms with Gasteiger partial charge in [0, 0.05) is 23.6 Å². The molecular formula is C12H28N2S2. The first-order valence-electron chi connectivity index (χ1n) is 6.46. The summed E-state index contributed by atoms with van der Waals surface area (Å²) in [5.74, 6) is 2.12. The van der Waals surface area contributed by atoms with Gasteiger partial charge in [0.15, 0.2) is 0 Å². The van der Waals surface area contributed by atoms with Crippen molar-refractivity contribution in [1.82, 2.24) is 0 Å². The van der Waals surface area contributed by atoms with Crippen molar-refractivity contribution in [3.8, 4) is 0 Å². The van der Waals surface area contributed by atoms with Crippen LogP contribution < -0.4 is 11.5 Å². The summed E-state index contributed by atoms with van der Waals surface area (Å²) in [4.78, 5) is 0. The molecule has 0 aliphatic heterocycles. The lowest BCUT2D eigenvalue weighted by molar-refractivity contribution is 0.621. The average Bonchev–Trinajstić information content (AvgIpc) is 2.29. The molecule has 4 N–H and O–H groups in total. The minimum absolute atomic E-state index is 0.365. The molecule has 0 aliphatic rings. The van der Waals surface area contributed by atoms with Crippen LogP contribution in [0.3, 0.4) is 0 Å². The molecule has 0 radical (unpaired) electrons. The van der Waals surface area contributed by atoms with Gasteiger partial charge in [0.25, 0.3) is 0 Å². The molecular weight excluding hydrogens is 236 g/mol. The number of hydrogen-bond donors (Lipinski definition) is 2. The summed E-state index contributed by atoms with van der Waals surface area (Å²) in [6.45, 7) is 4.42. The first-order chi connectivity index (χ1) is 7.70. The Bertz CT molecular complexity index is 129. The topological polar surface area (TPSA) is 52.0 Å². The standard InChI is InChI=1S/C12H28N2S2/c1-3-5-7-11(13)9-15-16-10-12(14)8-6-4-2/h11-12H,3-10,13-14H2,1-2H3/t11-,12-/m0/s1. The minimum Gasteiger partial charge on any atom is -0.327 e. The van der Waals surface area contributed by atoms with Crippen LogP contribution in [0.2, 0.25) is 0 Å². The van der Waals surface area contributed by atoms with Crippen molar-refractivity contribution in [2.75, 3.05) is 11.5 Å². The summed E-state index contributed by atoms with van der Waals surface area (Å²) in [6, 6.07) is 0.730. The van der Waals surface area contributed by atoms with E-state index in [1.165, 1.54) is 25.7 Å². The van der Waals surface area contributed by atoms with Gasteiger partial charge in [-0.25, -0.2) is 0 Å². The monoisotopic (exact) mass is 264 g/mol. The molecule has 2 nitrogen and oxygen atoms in total. The molecule has 0 unspecified atom stereocenters. The molecule has 0 aliphatic carbocycles. The molecule has 0 aromatic carbocycles. The Kier molecular flexibility index (Phi) is 12.6. The highest BCUT2D eigenvalue weighted by molar-refractivity contribution is 8.76. The molecule has 0 saturated heterocycles. The molecule has 98 valence electrons. The van der Waals surface area contributed by atoms with E-state index in [2.05, 4.69) is 13.8 Å². The minimum atomic E-state index is 0.365. The summed E-state index contributed by atoms with van der Waals surface area (Å²) in [5, 5.41) is 0. The van der Waals surface area contributed by atoms with E-state index in [-0.39, 0.29) is 0 Å². The summed E-state index contributed by atoms with van der Waals surface area (Å²) in [7, 11) is 3.77. The second-order valence-corrected chi connectivity index (χ2v) is 6.93. The Balaban J connectivity index is 3.24. The van der Waals surface area contributed by atoms with Gasteiger partial charge in [0.1, 0.15) is 0 Å². The fourth-order valence-corrected chi connectivity index (χ4v) is 3.87. The highest BCUT2D eigenvalue weighted by Gasteiger charge is 2.05. The smallest absolute Gasteiger partial charge is 0.0189 e. The van der Waals surface area contributed by atoms with Crippen LogP contribution >= 0.6 is 21.6 Å². The van der Waals surface area contributed by atoms with Crippen LogP contribution in [0.1, 0.15) is 52.4 Å². The fourth-order valence-electron chi connectivity index (χ4n) is 1.37. The van der Waals surface area contributed by atoms with Crippen molar-refractivity contribution in [1.29, 1.82) is 0 Å². The zero-order valence-electron chi connectivity index (χ0n) is 10.8. The second-order valence-electron chi connectivity index (χ2n) is 4.37. The van der Waals surface area contributed by atoms with Crippen molar-refractivity contribution in [3.63, 3.8) is 0 Å². The van der Waals surface area contributed by atoms with Gasteiger partial charge in [-0.3, -0.25) is 0 Å². The lowest BCUT2D eigenvalue weighted by Crippen LogP contribution is -2.23.